The summed E-state index contributed by atoms with van der Waals surface area (Å²) in [6.45, 7) is 4.48. The van der Waals surface area contributed by atoms with Crippen LogP contribution < -0.4 is 5.32 Å². The summed E-state index contributed by atoms with van der Waals surface area (Å²) in [4.78, 5) is 17.2. The third-order valence-corrected chi connectivity index (χ3v) is 6.13. The molecule has 1 heterocycles. The fraction of sp³-hybridized carbons (Fsp3) is 0.333. The van der Waals surface area contributed by atoms with Crippen LogP contribution >= 0.6 is 11.3 Å². The Morgan fingerprint density at radius 3 is 2.76 bits per heavy atom. The molecule has 1 aliphatic carbocycles. The lowest BCUT2D eigenvalue weighted by Crippen LogP contribution is -2.15. The van der Waals surface area contributed by atoms with Crippen molar-refractivity contribution in [1.29, 1.82) is 0 Å². The van der Waals surface area contributed by atoms with Crippen molar-refractivity contribution in [1.82, 2.24) is 4.98 Å². The Morgan fingerprint density at radius 2 is 1.92 bits per heavy atom. The number of nitrogens with one attached hydrogen (secondary N) is 1. The van der Waals surface area contributed by atoms with Crippen molar-refractivity contribution in [2.45, 2.75) is 39.5 Å². The SMILES string of the molecule is Cc1ccc2sc(NCC(=O)c3ccc4c(c3)CCCC4)nc2c1C. The number of fused-ring (bicyclic) bond motifs is 2. The van der Waals surface area contributed by atoms with Crippen LogP contribution in [0.2, 0.25) is 0 Å². The van der Waals surface area contributed by atoms with E-state index in [9.17, 15) is 4.79 Å². The number of ketones is 1. The minimum absolute atomic E-state index is 0.125. The molecule has 0 unspecified atom stereocenters. The van der Waals surface area contributed by atoms with Gasteiger partial charge in [0.2, 0.25) is 0 Å². The molecule has 1 aliphatic rings. The summed E-state index contributed by atoms with van der Waals surface area (Å²) >= 11 is 1.61. The quantitative estimate of drug-likeness (QED) is 0.667. The summed E-state index contributed by atoms with van der Waals surface area (Å²) < 4.78 is 1.16. The summed E-state index contributed by atoms with van der Waals surface area (Å²) in [7, 11) is 0. The van der Waals surface area contributed by atoms with E-state index in [1.807, 2.05) is 6.07 Å². The molecule has 0 aliphatic heterocycles. The highest BCUT2D eigenvalue weighted by Gasteiger charge is 2.14. The zero-order chi connectivity index (χ0) is 17.4. The molecule has 128 valence electrons. The highest BCUT2D eigenvalue weighted by atomic mass is 32.1. The largest absolute Gasteiger partial charge is 0.354 e. The molecule has 0 bridgehead atoms. The number of anilines is 1. The molecule has 4 heteroatoms. The lowest BCUT2D eigenvalue weighted by atomic mass is 9.90. The van der Waals surface area contributed by atoms with Crippen molar-refractivity contribution >= 4 is 32.5 Å². The first-order chi connectivity index (χ1) is 12.1. The first-order valence-electron chi connectivity index (χ1n) is 8.87. The van der Waals surface area contributed by atoms with Crippen LogP contribution in [0, 0.1) is 13.8 Å². The monoisotopic (exact) mass is 350 g/mol. The number of Topliss-reactive ketones (excluding diaryl/α,β-unsaturated/α-hetero) is 1. The van der Waals surface area contributed by atoms with Crippen LogP contribution in [0.4, 0.5) is 5.13 Å². The number of carbonyl (C=O) groups excluding carboxylic acids is 1. The van der Waals surface area contributed by atoms with Crippen molar-refractivity contribution in [3.63, 3.8) is 0 Å². The molecule has 0 atom stereocenters. The van der Waals surface area contributed by atoms with Gasteiger partial charge in [0.15, 0.2) is 10.9 Å². The molecular weight excluding hydrogens is 328 g/mol. The molecule has 0 amide bonds. The van der Waals surface area contributed by atoms with Crippen molar-refractivity contribution in [3.05, 3.63) is 58.1 Å². The van der Waals surface area contributed by atoms with Crippen molar-refractivity contribution < 1.29 is 4.79 Å². The first kappa shape index (κ1) is 16.3. The molecule has 4 rings (SSSR count). The Balaban J connectivity index is 1.49. The van der Waals surface area contributed by atoms with Crippen LogP contribution in [-0.4, -0.2) is 17.3 Å². The normalized spacial score (nSPS) is 13.7. The van der Waals surface area contributed by atoms with E-state index in [1.165, 1.54) is 35.1 Å². The van der Waals surface area contributed by atoms with Crippen molar-refractivity contribution in [3.8, 4) is 0 Å². The Labute approximate surface area is 152 Å². The predicted octanol–water partition coefficient (Wildman–Crippen LogP) is 5.09. The molecular formula is C21H22N2OS. The van der Waals surface area contributed by atoms with Gasteiger partial charge in [0.05, 0.1) is 16.8 Å². The lowest BCUT2D eigenvalue weighted by molar-refractivity contribution is 0.101. The van der Waals surface area contributed by atoms with E-state index in [1.54, 1.807) is 11.3 Å². The topological polar surface area (TPSA) is 42.0 Å². The Morgan fingerprint density at radius 1 is 1.12 bits per heavy atom. The second-order valence-electron chi connectivity index (χ2n) is 6.84. The van der Waals surface area contributed by atoms with Crippen molar-refractivity contribution in [2.24, 2.45) is 0 Å². The number of thiazole rings is 1. The van der Waals surface area contributed by atoms with Crippen LogP contribution in [0.25, 0.3) is 10.2 Å². The van der Waals surface area contributed by atoms with E-state index < -0.39 is 0 Å². The molecule has 0 saturated carbocycles. The average Bonchev–Trinajstić information content (AvgIpc) is 3.06. The second-order valence-corrected chi connectivity index (χ2v) is 7.87. The lowest BCUT2D eigenvalue weighted by Gasteiger charge is -2.16. The summed E-state index contributed by atoms with van der Waals surface area (Å²) in [5, 5.41) is 4.03. The van der Waals surface area contributed by atoms with Crippen LogP contribution in [0.3, 0.4) is 0 Å². The number of hydrogen-bond donors (Lipinski definition) is 1. The van der Waals surface area contributed by atoms with E-state index in [0.29, 0.717) is 0 Å². The maximum atomic E-state index is 12.6. The van der Waals surface area contributed by atoms with E-state index >= 15 is 0 Å². The highest BCUT2D eigenvalue weighted by molar-refractivity contribution is 7.22. The van der Waals surface area contributed by atoms with Crippen LogP contribution in [0.1, 0.15) is 45.5 Å². The maximum absolute atomic E-state index is 12.6. The predicted molar refractivity (Wildman–Crippen MR) is 105 cm³/mol. The number of hydrogen-bond acceptors (Lipinski definition) is 4. The smallest absolute Gasteiger partial charge is 0.184 e. The number of benzene rings is 2. The second kappa shape index (κ2) is 6.60. The molecule has 0 spiro atoms. The van der Waals surface area contributed by atoms with Gasteiger partial charge in [-0.2, -0.15) is 0 Å². The van der Waals surface area contributed by atoms with Crippen molar-refractivity contribution in [2.75, 3.05) is 11.9 Å². The Kier molecular flexibility index (Phi) is 4.30. The molecule has 0 fully saturated rings. The molecule has 0 radical (unpaired) electrons. The zero-order valence-electron chi connectivity index (χ0n) is 14.7. The van der Waals surface area contributed by atoms with Gasteiger partial charge >= 0.3 is 0 Å². The Hall–Kier alpha value is -2.20. The standard InChI is InChI=1S/C21H22N2OS/c1-13-7-10-19-20(14(13)2)23-21(25-19)22-12-18(24)17-9-8-15-5-3-4-6-16(15)11-17/h7-11H,3-6,12H2,1-2H3,(H,22,23). The fourth-order valence-electron chi connectivity index (χ4n) is 3.47. The summed E-state index contributed by atoms with van der Waals surface area (Å²) in [5.74, 6) is 0.125. The van der Waals surface area contributed by atoms with Gasteiger partial charge in [-0.05, 0) is 73.9 Å². The minimum Gasteiger partial charge on any atom is -0.354 e. The number of aromatic nitrogens is 1. The van der Waals surface area contributed by atoms with Gasteiger partial charge in [-0.25, -0.2) is 4.98 Å². The number of carbonyl (C=O) groups is 1. The molecule has 3 aromatic rings. The molecule has 1 N–H and O–H groups in total. The van der Waals surface area contributed by atoms with Gasteiger partial charge < -0.3 is 5.32 Å². The highest BCUT2D eigenvalue weighted by Crippen LogP contribution is 2.29. The van der Waals surface area contributed by atoms with E-state index in [0.717, 1.165) is 33.8 Å². The molecule has 2 aromatic carbocycles. The van der Waals surface area contributed by atoms with E-state index in [-0.39, 0.29) is 12.3 Å². The molecule has 0 saturated heterocycles. The Bertz CT molecular complexity index is 958. The number of aryl methyl sites for hydroxylation is 4. The number of rotatable bonds is 4. The van der Waals surface area contributed by atoms with Gasteiger partial charge in [-0.1, -0.05) is 29.5 Å². The summed E-state index contributed by atoms with van der Waals surface area (Å²) in [6, 6.07) is 10.4. The van der Waals surface area contributed by atoms with Gasteiger partial charge in [0, 0.05) is 5.56 Å². The third-order valence-electron chi connectivity index (χ3n) is 5.16. The first-order valence-corrected chi connectivity index (χ1v) is 9.69. The van der Waals surface area contributed by atoms with Crippen LogP contribution in [0.15, 0.2) is 30.3 Å². The summed E-state index contributed by atoms with van der Waals surface area (Å²) in [6.07, 6.45) is 4.73. The number of nitrogens with zero attached hydrogens (tertiary/aromatic N) is 1. The third kappa shape index (κ3) is 3.19. The minimum atomic E-state index is 0.125. The molecule has 3 nitrogen and oxygen atoms in total. The molecule has 25 heavy (non-hydrogen) atoms. The zero-order valence-corrected chi connectivity index (χ0v) is 15.5. The van der Waals surface area contributed by atoms with Gasteiger partial charge in [0.25, 0.3) is 0 Å². The van der Waals surface area contributed by atoms with Gasteiger partial charge in [-0.15, -0.1) is 0 Å². The van der Waals surface area contributed by atoms with Crippen LogP contribution in [0.5, 0.6) is 0 Å². The fourth-order valence-corrected chi connectivity index (χ4v) is 4.39. The van der Waals surface area contributed by atoms with E-state index in [4.69, 9.17) is 0 Å². The summed E-state index contributed by atoms with van der Waals surface area (Å²) in [5.41, 5.74) is 7.06. The molecule has 1 aromatic heterocycles. The average molecular weight is 350 g/mol. The van der Waals surface area contributed by atoms with Crippen LogP contribution in [-0.2, 0) is 12.8 Å². The van der Waals surface area contributed by atoms with Gasteiger partial charge in [0.1, 0.15) is 0 Å². The van der Waals surface area contributed by atoms with E-state index in [2.05, 4.69) is 48.4 Å². The van der Waals surface area contributed by atoms with Gasteiger partial charge in [-0.3, -0.25) is 4.79 Å². The maximum Gasteiger partial charge on any atom is 0.184 e.